The van der Waals surface area contributed by atoms with Crippen LogP contribution in [-0.2, 0) is 0 Å². The van der Waals surface area contributed by atoms with Crippen molar-refractivity contribution in [2.24, 2.45) is 0 Å². The van der Waals surface area contributed by atoms with Gasteiger partial charge in [-0.3, -0.25) is 10.1 Å². The molecular formula is C24H17NO2. The van der Waals surface area contributed by atoms with Crippen molar-refractivity contribution in [1.82, 2.24) is 0 Å². The van der Waals surface area contributed by atoms with Crippen LogP contribution in [0, 0.1) is 10.1 Å². The number of para-hydroxylation sites is 1. The number of hydrogen-bond acceptors (Lipinski definition) is 2. The van der Waals surface area contributed by atoms with E-state index >= 15 is 0 Å². The molecule has 0 atom stereocenters. The smallest absolute Gasteiger partial charge is 0.258 e. The molecule has 0 N–H and O–H groups in total. The Bertz CT molecular complexity index is 1090. The van der Waals surface area contributed by atoms with Gasteiger partial charge in [0.05, 0.1) is 10.5 Å². The maximum absolute atomic E-state index is 11.5. The van der Waals surface area contributed by atoms with Crippen LogP contribution in [0.2, 0.25) is 0 Å². The summed E-state index contributed by atoms with van der Waals surface area (Å²) in [4.78, 5) is 11.2. The molecule has 0 saturated carbocycles. The van der Waals surface area contributed by atoms with Crippen LogP contribution in [0.25, 0.3) is 33.4 Å². The van der Waals surface area contributed by atoms with Gasteiger partial charge in [-0.15, -0.1) is 0 Å². The first kappa shape index (κ1) is 16.7. The van der Waals surface area contributed by atoms with Crippen molar-refractivity contribution in [2.45, 2.75) is 0 Å². The van der Waals surface area contributed by atoms with Gasteiger partial charge >= 0.3 is 0 Å². The molecule has 0 heterocycles. The number of benzene rings is 4. The highest BCUT2D eigenvalue weighted by Gasteiger charge is 2.18. The summed E-state index contributed by atoms with van der Waals surface area (Å²) in [5, 5.41) is 11.5. The van der Waals surface area contributed by atoms with Gasteiger partial charge in [-0.05, 0) is 39.9 Å². The predicted octanol–water partition coefficient (Wildman–Crippen LogP) is 6.60. The molecule has 0 saturated heterocycles. The third kappa shape index (κ3) is 3.35. The number of nitro benzene ring substituents is 1. The molecule has 0 radical (unpaired) electrons. The molecule has 130 valence electrons. The van der Waals surface area contributed by atoms with E-state index < -0.39 is 0 Å². The summed E-state index contributed by atoms with van der Waals surface area (Å²) in [6, 6.07) is 33.1. The molecule has 0 spiro atoms. The van der Waals surface area contributed by atoms with Crippen LogP contribution in [-0.4, -0.2) is 4.92 Å². The maximum atomic E-state index is 11.5. The Hall–Kier alpha value is -3.72. The zero-order valence-corrected chi connectivity index (χ0v) is 14.6. The molecule has 0 bridgehead atoms. The average Bonchev–Trinajstić information content (AvgIpc) is 2.74. The fourth-order valence-electron chi connectivity index (χ4n) is 3.31. The van der Waals surface area contributed by atoms with E-state index in [0.717, 1.165) is 27.8 Å². The molecular weight excluding hydrogens is 334 g/mol. The van der Waals surface area contributed by atoms with Gasteiger partial charge in [0.15, 0.2) is 0 Å². The molecule has 0 unspecified atom stereocenters. The third-order valence-corrected chi connectivity index (χ3v) is 4.60. The lowest BCUT2D eigenvalue weighted by Gasteiger charge is -2.13. The minimum Gasteiger partial charge on any atom is -0.258 e. The van der Waals surface area contributed by atoms with E-state index in [9.17, 15) is 10.1 Å². The fourth-order valence-corrected chi connectivity index (χ4v) is 3.31. The molecule has 0 aliphatic heterocycles. The van der Waals surface area contributed by atoms with E-state index in [0.29, 0.717) is 5.56 Å². The molecule has 4 aromatic carbocycles. The molecule has 4 aromatic rings. The lowest BCUT2D eigenvalue weighted by atomic mass is 9.90. The van der Waals surface area contributed by atoms with Crippen LogP contribution in [0.3, 0.4) is 0 Å². The summed E-state index contributed by atoms with van der Waals surface area (Å²) in [7, 11) is 0. The Kier molecular flexibility index (Phi) is 4.50. The predicted molar refractivity (Wildman–Crippen MR) is 109 cm³/mol. The zero-order chi connectivity index (χ0) is 18.6. The van der Waals surface area contributed by atoms with Gasteiger partial charge in [0.2, 0.25) is 0 Å². The molecule has 4 rings (SSSR count). The van der Waals surface area contributed by atoms with E-state index in [1.807, 2.05) is 72.8 Å². The van der Waals surface area contributed by atoms with Crippen molar-refractivity contribution in [3.8, 4) is 33.4 Å². The number of nitrogens with zero attached hydrogens (tertiary/aromatic N) is 1. The van der Waals surface area contributed by atoms with Crippen molar-refractivity contribution in [3.05, 3.63) is 113 Å². The van der Waals surface area contributed by atoms with E-state index in [1.54, 1.807) is 12.1 Å². The van der Waals surface area contributed by atoms with E-state index in [-0.39, 0.29) is 10.6 Å². The van der Waals surface area contributed by atoms with Crippen molar-refractivity contribution in [3.63, 3.8) is 0 Å². The largest absolute Gasteiger partial charge is 0.277 e. The maximum Gasteiger partial charge on any atom is 0.277 e. The molecule has 0 aliphatic rings. The van der Waals surface area contributed by atoms with Gasteiger partial charge in [0, 0.05) is 6.07 Å². The van der Waals surface area contributed by atoms with E-state index in [4.69, 9.17) is 0 Å². The molecule has 3 nitrogen and oxygen atoms in total. The Labute approximate surface area is 157 Å². The summed E-state index contributed by atoms with van der Waals surface area (Å²) in [5.74, 6) is 0. The Morgan fingerprint density at radius 2 is 1.11 bits per heavy atom. The summed E-state index contributed by atoms with van der Waals surface area (Å²) < 4.78 is 0. The van der Waals surface area contributed by atoms with Crippen LogP contribution in [0.5, 0.6) is 0 Å². The quantitative estimate of drug-likeness (QED) is 0.307. The van der Waals surface area contributed by atoms with Crippen molar-refractivity contribution < 1.29 is 4.92 Å². The highest BCUT2D eigenvalue weighted by Crippen LogP contribution is 2.39. The van der Waals surface area contributed by atoms with Gasteiger partial charge in [0.1, 0.15) is 0 Å². The molecule has 3 heteroatoms. The van der Waals surface area contributed by atoms with Gasteiger partial charge < -0.3 is 0 Å². The molecule has 0 aliphatic carbocycles. The normalized spacial score (nSPS) is 10.5. The monoisotopic (exact) mass is 351 g/mol. The topological polar surface area (TPSA) is 43.1 Å². The van der Waals surface area contributed by atoms with Gasteiger partial charge in [0.25, 0.3) is 5.69 Å². The summed E-state index contributed by atoms with van der Waals surface area (Å²) in [5.41, 5.74) is 5.80. The van der Waals surface area contributed by atoms with Gasteiger partial charge in [-0.1, -0.05) is 84.9 Å². The minimum atomic E-state index is -0.324. The third-order valence-electron chi connectivity index (χ3n) is 4.60. The second kappa shape index (κ2) is 7.26. The summed E-state index contributed by atoms with van der Waals surface area (Å²) in [6.45, 7) is 0. The summed E-state index contributed by atoms with van der Waals surface area (Å²) in [6.07, 6.45) is 0. The molecule has 0 fully saturated rings. The van der Waals surface area contributed by atoms with Crippen LogP contribution in [0.4, 0.5) is 5.69 Å². The lowest BCUT2D eigenvalue weighted by Crippen LogP contribution is -1.94. The van der Waals surface area contributed by atoms with Crippen LogP contribution in [0.15, 0.2) is 103 Å². The zero-order valence-electron chi connectivity index (χ0n) is 14.6. The van der Waals surface area contributed by atoms with Gasteiger partial charge in [-0.25, -0.2) is 0 Å². The van der Waals surface area contributed by atoms with Crippen LogP contribution >= 0.6 is 0 Å². The molecule has 0 aromatic heterocycles. The molecule has 0 amide bonds. The average molecular weight is 351 g/mol. The highest BCUT2D eigenvalue weighted by atomic mass is 16.6. The summed E-state index contributed by atoms with van der Waals surface area (Å²) >= 11 is 0. The fraction of sp³-hybridized carbons (Fsp3) is 0. The standard InChI is InChI=1S/C24H17NO2/c26-25(27)24-14-8-7-13-22(24)21-16-15-20(18-9-3-1-4-10-18)17-23(21)19-11-5-2-6-12-19/h1-17H. The SMILES string of the molecule is O=[N+]([O-])c1ccccc1-c1ccc(-c2ccccc2)cc1-c1ccccc1. The Morgan fingerprint density at radius 1 is 0.519 bits per heavy atom. The van der Waals surface area contributed by atoms with Crippen LogP contribution < -0.4 is 0 Å². The second-order valence-electron chi connectivity index (χ2n) is 6.27. The van der Waals surface area contributed by atoms with Crippen molar-refractivity contribution in [2.75, 3.05) is 0 Å². The van der Waals surface area contributed by atoms with Crippen LogP contribution in [0.1, 0.15) is 0 Å². The highest BCUT2D eigenvalue weighted by molar-refractivity contribution is 5.90. The van der Waals surface area contributed by atoms with Gasteiger partial charge in [-0.2, -0.15) is 0 Å². The van der Waals surface area contributed by atoms with E-state index in [1.165, 1.54) is 0 Å². The number of hydrogen-bond donors (Lipinski definition) is 0. The number of rotatable bonds is 4. The molecule has 27 heavy (non-hydrogen) atoms. The Morgan fingerprint density at radius 3 is 1.78 bits per heavy atom. The van der Waals surface area contributed by atoms with E-state index in [2.05, 4.69) is 18.2 Å². The van der Waals surface area contributed by atoms with Crippen molar-refractivity contribution in [1.29, 1.82) is 0 Å². The van der Waals surface area contributed by atoms with Crippen molar-refractivity contribution >= 4 is 5.69 Å². The Balaban J connectivity index is 1.96. The minimum absolute atomic E-state index is 0.113. The lowest BCUT2D eigenvalue weighted by molar-refractivity contribution is -0.384. The number of nitro groups is 1. The first-order valence-corrected chi connectivity index (χ1v) is 8.73. The second-order valence-corrected chi connectivity index (χ2v) is 6.27. The first-order chi connectivity index (χ1) is 13.2. The first-order valence-electron chi connectivity index (χ1n) is 8.73.